The van der Waals surface area contributed by atoms with Crippen molar-refractivity contribution >= 4 is 5.97 Å². The summed E-state index contributed by atoms with van der Waals surface area (Å²) in [5.74, 6) is -0.334. The number of cyclic esters (lactones) is 1. The molecule has 0 spiro atoms. The molecule has 1 aliphatic heterocycles. The largest absolute Gasteiger partial charge is 0.459 e. The van der Waals surface area contributed by atoms with E-state index in [4.69, 9.17) is 9.47 Å². The molecular formula is C16H20O4. The molecule has 4 nitrogen and oxygen atoms in total. The predicted molar refractivity (Wildman–Crippen MR) is 75.1 cm³/mol. The van der Waals surface area contributed by atoms with E-state index in [1.165, 1.54) is 6.08 Å². The van der Waals surface area contributed by atoms with Crippen LogP contribution in [0.25, 0.3) is 0 Å². The van der Waals surface area contributed by atoms with Crippen molar-refractivity contribution in [2.75, 3.05) is 7.11 Å². The van der Waals surface area contributed by atoms with E-state index in [9.17, 15) is 9.90 Å². The van der Waals surface area contributed by atoms with Crippen molar-refractivity contribution < 1.29 is 19.4 Å². The number of hydrogen-bond donors (Lipinski definition) is 1. The molecule has 0 radical (unpaired) electrons. The quantitative estimate of drug-likeness (QED) is 0.811. The van der Waals surface area contributed by atoms with Gasteiger partial charge in [0.25, 0.3) is 0 Å². The number of esters is 1. The Morgan fingerprint density at radius 3 is 2.80 bits per heavy atom. The molecule has 0 saturated carbocycles. The van der Waals surface area contributed by atoms with Gasteiger partial charge < -0.3 is 14.6 Å². The summed E-state index contributed by atoms with van der Waals surface area (Å²) in [4.78, 5) is 11.1. The molecule has 20 heavy (non-hydrogen) atoms. The monoisotopic (exact) mass is 276 g/mol. The fraction of sp³-hybridized carbons (Fsp3) is 0.438. The van der Waals surface area contributed by atoms with Gasteiger partial charge in [-0.05, 0) is 5.56 Å². The van der Waals surface area contributed by atoms with Crippen LogP contribution in [0, 0.1) is 0 Å². The van der Waals surface area contributed by atoms with Crippen LogP contribution < -0.4 is 0 Å². The summed E-state index contributed by atoms with van der Waals surface area (Å²) in [6, 6.07) is 9.79. The average Bonchev–Trinajstić information content (AvgIpc) is 2.45. The molecule has 0 amide bonds. The number of rotatable bonds is 6. The molecule has 3 atom stereocenters. The van der Waals surface area contributed by atoms with E-state index < -0.39 is 6.10 Å². The Hall–Kier alpha value is -1.65. The van der Waals surface area contributed by atoms with Crippen LogP contribution in [-0.4, -0.2) is 30.4 Å². The third kappa shape index (κ3) is 4.18. The third-order valence-corrected chi connectivity index (χ3v) is 3.41. The number of carbonyl (C=O) groups excluding carboxylic acids is 1. The zero-order valence-corrected chi connectivity index (χ0v) is 11.6. The van der Waals surface area contributed by atoms with E-state index in [0.717, 1.165) is 5.56 Å². The highest BCUT2D eigenvalue weighted by Crippen LogP contribution is 2.24. The second-order valence-corrected chi connectivity index (χ2v) is 4.96. The van der Waals surface area contributed by atoms with Gasteiger partial charge in [-0.2, -0.15) is 0 Å². The second kappa shape index (κ2) is 7.22. The van der Waals surface area contributed by atoms with Gasteiger partial charge in [0.15, 0.2) is 0 Å². The Morgan fingerprint density at radius 1 is 1.40 bits per heavy atom. The summed E-state index contributed by atoms with van der Waals surface area (Å²) < 4.78 is 10.6. The molecular weight excluding hydrogens is 256 g/mol. The molecule has 1 aromatic rings. The number of benzene rings is 1. The lowest BCUT2D eigenvalue weighted by Crippen LogP contribution is -2.26. The van der Waals surface area contributed by atoms with Crippen LogP contribution >= 0.6 is 0 Å². The Morgan fingerprint density at radius 2 is 2.15 bits per heavy atom. The number of aliphatic hydroxyl groups excluding tert-OH is 1. The Balaban J connectivity index is 1.88. The molecule has 0 bridgehead atoms. The van der Waals surface area contributed by atoms with Gasteiger partial charge in [-0.15, -0.1) is 0 Å². The molecule has 2 rings (SSSR count). The molecule has 1 aliphatic rings. The van der Waals surface area contributed by atoms with E-state index in [1.54, 1.807) is 13.2 Å². The van der Waals surface area contributed by atoms with Crippen molar-refractivity contribution in [1.82, 2.24) is 0 Å². The summed E-state index contributed by atoms with van der Waals surface area (Å²) in [5, 5.41) is 10.2. The van der Waals surface area contributed by atoms with Crippen molar-refractivity contribution in [2.24, 2.45) is 0 Å². The third-order valence-electron chi connectivity index (χ3n) is 3.41. The fourth-order valence-corrected chi connectivity index (χ4v) is 2.39. The normalized spacial score (nSPS) is 21.3. The summed E-state index contributed by atoms with van der Waals surface area (Å²) in [7, 11) is 1.63. The topological polar surface area (TPSA) is 55.8 Å². The minimum Gasteiger partial charge on any atom is -0.459 e. The van der Waals surface area contributed by atoms with Crippen LogP contribution in [0.15, 0.2) is 42.5 Å². The van der Waals surface area contributed by atoms with E-state index in [0.29, 0.717) is 19.3 Å². The van der Waals surface area contributed by atoms with E-state index in [2.05, 4.69) is 0 Å². The van der Waals surface area contributed by atoms with Gasteiger partial charge >= 0.3 is 5.97 Å². The molecule has 1 N–H and O–H groups in total. The SMILES string of the molecule is CO[C@@H](C[C@H](O)C[C@@H]1CC=CC(=O)O1)c1ccccc1. The number of hydrogen-bond acceptors (Lipinski definition) is 4. The van der Waals surface area contributed by atoms with Gasteiger partial charge in [0.2, 0.25) is 0 Å². The minimum absolute atomic E-state index is 0.152. The Kier molecular flexibility index (Phi) is 5.32. The molecule has 4 heteroatoms. The molecule has 1 aromatic carbocycles. The van der Waals surface area contributed by atoms with Gasteiger partial charge in [-0.3, -0.25) is 0 Å². The molecule has 1 heterocycles. The Labute approximate surface area is 119 Å². The van der Waals surface area contributed by atoms with Crippen LogP contribution in [0.4, 0.5) is 0 Å². The zero-order valence-electron chi connectivity index (χ0n) is 11.6. The highest BCUT2D eigenvalue weighted by atomic mass is 16.5. The maximum atomic E-state index is 11.1. The van der Waals surface area contributed by atoms with E-state index in [1.807, 2.05) is 30.3 Å². The molecule has 0 aliphatic carbocycles. The zero-order chi connectivity index (χ0) is 14.4. The highest BCUT2D eigenvalue weighted by molar-refractivity contribution is 5.82. The lowest BCUT2D eigenvalue weighted by Gasteiger charge is -2.24. The van der Waals surface area contributed by atoms with Gasteiger partial charge in [0.1, 0.15) is 6.10 Å². The second-order valence-electron chi connectivity index (χ2n) is 4.96. The lowest BCUT2D eigenvalue weighted by molar-refractivity contribution is -0.145. The highest BCUT2D eigenvalue weighted by Gasteiger charge is 2.22. The fourth-order valence-electron chi connectivity index (χ4n) is 2.39. The first-order valence-corrected chi connectivity index (χ1v) is 6.82. The smallest absolute Gasteiger partial charge is 0.330 e. The van der Waals surface area contributed by atoms with Crippen molar-refractivity contribution in [3.8, 4) is 0 Å². The first-order chi connectivity index (χ1) is 9.69. The predicted octanol–water partition coefficient (Wildman–Crippen LogP) is 2.39. The summed E-state index contributed by atoms with van der Waals surface area (Å²) in [6.45, 7) is 0. The van der Waals surface area contributed by atoms with Gasteiger partial charge in [-0.25, -0.2) is 4.79 Å². The van der Waals surface area contributed by atoms with Gasteiger partial charge in [-0.1, -0.05) is 36.4 Å². The number of ether oxygens (including phenoxy) is 2. The molecule has 0 aromatic heterocycles. The molecule has 108 valence electrons. The van der Waals surface area contributed by atoms with E-state index >= 15 is 0 Å². The number of carbonyl (C=O) groups is 1. The van der Waals surface area contributed by atoms with Crippen LogP contribution in [-0.2, 0) is 14.3 Å². The molecule has 0 unspecified atom stereocenters. The molecule has 0 saturated heterocycles. The van der Waals surface area contributed by atoms with Crippen molar-refractivity contribution in [2.45, 2.75) is 37.6 Å². The Bertz CT molecular complexity index is 455. The maximum absolute atomic E-state index is 11.1. The van der Waals surface area contributed by atoms with Crippen LogP contribution in [0.2, 0.25) is 0 Å². The first kappa shape index (κ1) is 14.8. The minimum atomic E-state index is -0.565. The van der Waals surface area contributed by atoms with Crippen LogP contribution in [0.5, 0.6) is 0 Å². The average molecular weight is 276 g/mol. The molecule has 0 fully saturated rings. The summed E-state index contributed by atoms with van der Waals surface area (Å²) >= 11 is 0. The van der Waals surface area contributed by atoms with Crippen molar-refractivity contribution in [3.63, 3.8) is 0 Å². The van der Waals surface area contributed by atoms with Gasteiger partial charge in [0.05, 0.1) is 12.2 Å². The van der Waals surface area contributed by atoms with Crippen LogP contribution in [0.1, 0.15) is 30.9 Å². The summed E-state index contributed by atoms with van der Waals surface area (Å²) in [5.41, 5.74) is 1.04. The number of methoxy groups -OCH3 is 1. The van der Waals surface area contributed by atoms with E-state index in [-0.39, 0.29) is 18.2 Å². The van der Waals surface area contributed by atoms with Gasteiger partial charge in [0, 0.05) is 32.4 Å². The lowest BCUT2D eigenvalue weighted by atomic mass is 9.98. The maximum Gasteiger partial charge on any atom is 0.330 e. The standard InChI is InChI=1S/C16H20O4/c1-19-15(12-6-3-2-4-7-12)11-13(17)10-14-8-5-9-16(18)20-14/h2-7,9,13-15,17H,8,10-11H2,1H3/t13-,14+,15+/m1/s1. The number of aliphatic hydroxyl groups is 1. The van der Waals surface area contributed by atoms with Crippen molar-refractivity contribution in [3.05, 3.63) is 48.0 Å². The first-order valence-electron chi connectivity index (χ1n) is 6.82. The van der Waals surface area contributed by atoms with Crippen molar-refractivity contribution in [1.29, 1.82) is 0 Å². The summed E-state index contributed by atoms with van der Waals surface area (Å²) in [6.07, 6.45) is 3.83. The van der Waals surface area contributed by atoms with Crippen LogP contribution in [0.3, 0.4) is 0 Å².